The first kappa shape index (κ1) is 60.2. The SMILES string of the molecule is C=CC(=O)OCC(F)(OC(F)(F)C1(F)C(F)(F)C(F)(COC(C)(F)C(F)(F)F)C(F)(C(F)(F)OC(C)(F)C(F)(F)F)C(F)(F)C1(F)C(F)(F)OC(F)(COC(=O)C=C)C(F)(F)F)C(F)(F)F. The zero-order valence-corrected chi connectivity index (χ0v) is 30.8. The van der Waals surface area contributed by atoms with Crippen molar-refractivity contribution < 1.29 is 170 Å². The Morgan fingerprint density at radius 3 is 1.00 bits per heavy atom. The van der Waals surface area contributed by atoms with Gasteiger partial charge in [-0.25, -0.2) is 35.9 Å². The Kier molecular flexibility index (Phi) is 15.2. The smallest absolute Gasteiger partial charge is 0.452 e. The maximum absolute atomic E-state index is 16.9. The van der Waals surface area contributed by atoms with Crippen LogP contribution in [0.2, 0.25) is 0 Å². The van der Waals surface area contributed by atoms with Gasteiger partial charge in [-0.05, 0) is 0 Å². The first-order valence-electron chi connectivity index (χ1n) is 15.5. The van der Waals surface area contributed by atoms with Crippen LogP contribution in [-0.2, 0) is 38.0 Å². The molecule has 0 radical (unpaired) electrons. The van der Waals surface area contributed by atoms with E-state index >= 15 is 70.2 Å². The van der Waals surface area contributed by atoms with E-state index in [2.05, 4.69) is 27.4 Å². The maximum atomic E-state index is 16.9. The summed E-state index contributed by atoms with van der Waals surface area (Å²) in [5.74, 6) is -53.6. The second-order valence-electron chi connectivity index (χ2n) is 13.0. The summed E-state index contributed by atoms with van der Waals surface area (Å²) in [6, 6.07) is 0. The van der Waals surface area contributed by atoms with Crippen LogP contribution in [0.25, 0.3) is 0 Å². The Morgan fingerprint density at radius 2 is 0.727 bits per heavy atom. The fourth-order valence-corrected chi connectivity index (χ4v) is 4.80. The zero-order chi connectivity index (χ0) is 53.4. The van der Waals surface area contributed by atoms with Crippen LogP contribution in [0, 0.1) is 0 Å². The average molecular weight is 1050 g/mol. The molecule has 1 aliphatic rings. The molecule has 8 nitrogen and oxygen atoms in total. The summed E-state index contributed by atoms with van der Waals surface area (Å²) < 4.78 is 460. The van der Waals surface area contributed by atoms with E-state index in [9.17, 15) is 71.1 Å². The molecular formula is C28H18F30O8. The molecule has 8 atom stereocenters. The summed E-state index contributed by atoms with van der Waals surface area (Å²) in [5.41, 5.74) is -39.3. The molecule has 0 aliphatic heterocycles. The summed E-state index contributed by atoms with van der Waals surface area (Å²) in [6.45, 7) is -12.0. The van der Waals surface area contributed by atoms with E-state index in [0.29, 0.717) is 0 Å². The Morgan fingerprint density at radius 1 is 0.439 bits per heavy atom. The molecule has 1 saturated carbocycles. The van der Waals surface area contributed by atoms with Crippen molar-refractivity contribution in [3.05, 3.63) is 25.3 Å². The topological polar surface area (TPSA) is 89.5 Å². The second-order valence-corrected chi connectivity index (χ2v) is 13.0. The predicted octanol–water partition coefficient (Wildman–Crippen LogP) is 10.4. The third-order valence-corrected chi connectivity index (χ3v) is 8.45. The lowest BCUT2D eigenvalue weighted by molar-refractivity contribution is -0.571. The molecule has 0 aromatic heterocycles. The molecule has 8 unspecified atom stereocenters. The number of ether oxygens (including phenoxy) is 6. The Bertz CT molecular complexity index is 1820. The van der Waals surface area contributed by atoms with Gasteiger partial charge in [-0.2, -0.15) is 105 Å². The minimum absolute atomic E-state index is 0.469. The summed E-state index contributed by atoms with van der Waals surface area (Å²) in [4.78, 5) is 22.3. The van der Waals surface area contributed by atoms with Crippen molar-refractivity contribution in [3.8, 4) is 0 Å². The molecule has 1 fully saturated rings. The monoisotopic (exact) mass is 1050 g/mol. The van der Waals surface area contributed by atoms with Crippen molar-refractivity contribution in [2.24, 2.45) is 0 Å². The summed E-state index contributed by atoms with van der Waals surface area (Å²) in [5, 5.41) is 0. The minimum Gasteiger partial charge on any atom is -0.456 e. The molecule has 0 N–H and O–H groups in total. The van der Waals surface area contributed by atoms with Gasteiger partial charge in [0.15, 0.2) is 13.2 Å². The van der Waals surface area contributed by atoms with Crippen LogP contribution in [0.3, 0.4) is 0 Å². The van der Waals surface area contributed by atoms with Crippen molar-refractivity contribution in [1.82, 2.24) is 0 Å². The molecule has 0 spiro atoms. The molecule has 1 rings (SSSR count). The largest absolute Gasteiger partial charge is 0.456 e. The Hall–Kier alpha value is -3.84. The summed E-state index contributed by atoms with van der Waals surface area (Å²) >= 11 is 0. The van der Waals surface area contributed by atoms with Gasteiger partial charge in [0.2, 0.25) is 5.67 Å². The standard InChI is InChI=1S/C28H18F30O8/c1-5-10(59)61-8-15(32,24(47,48)49)65-27(55,56)18(35)19(36,28(57,58)66-16(33,25(50,51)52)9-62-11(60)6-2)21(39,40)17(34,26(53,54)64-13(4,30)23(44,45)46)14(31,20(18,37)38)7-63-12(3,29)22(41,42)43/h5-6H,1-2,7-9H2,3-4H3. The third-order valence-electron chi connectivity index (χ3n) is 8.45. The number of hydrogen-bond donors (Lipinski definition) is 0. The van der Waals surface area contributed by atoms with Crippen LogP contribution in [-0.4, -0.2) is 133 Å². The number of hydrogen-bond acceptors (Lipinski definition) is 8. The van der Waals surface area contributed by atoms with Crippen molar-refractivity contribution in [2.45, 2.75) is 115 Å². The average Bonchev–Trinajstić information content (AvgIpc) is 3.10. The predicted molar refractivity (Wildman–Crippen MR) is 143 cm³/mol. The van der Waals surface area contributed by atoms with E-state index in [1.54, 1.807) is 14.2 Å². The van der Waals surface area contributed by atoms with Gasteiger partial charge in [0.25, 0.3) is 0 Å². The molecule has 38 heteroatoms. The van der Waals surface area contributed by atoms with Crippen LogP contribution in [0.4, 0.5) is 132 Å². The molecule has 1 aliphatic carbocycles. The fraction of sp³-hybridized carbons (Fsp3) is 0.786. The van der Waals surface area contributed by atoms with Crippen molar-refractivity contribution in [1.29, 1.82) is 0 Å². The molecule has 0 heterocycles. The lowest BCUT2D eigenvalue weighted by Crippen LogP contribution is -2.96. The highest BCUT2D eigenvalue weighted by Crippen LogP contribution is 2.77. The minimum atomic E-state index is -10.3. The molecular weight excluding hydrogens is 1030 g/mol. The zero-order valence-electron chi connectivity index (χ0n) is 30.8. The second kappa shape index (κ2) is 16.7. The molecule has 0 aromatic carbocycles. The summed E-state index contributed by atoms with van der Waals surface area (Å²) in [6.07, 6.45) is -59.7. The van der Waals surface area contributed by atoms with Crippen molar-refractivity contribution >= 4 is 11.9 Å². The maximum Gasteiger partial charge on any atom is 0.452 e. The first-order valence-corrected chi connectivity index (χ1v) is 15.5. The van der Waals surface area contributed by atoms with Gasteiger partial charge >= 0.3 is 107 Å². The van der Waals surface area contributed by atoms with Crippen LogP contribution in [0.1, 0.15) is 13.8 Å². The summed E-state index contributed by atoms with van der Waals surface area (Å²) in [7, 11) is 0. The van der Waals surface area contributed by atoms with Crippen molar-refractivity contribution in [3.63, 3.8) is 0 Å². The molecule has 0 aromatic rings. The number of carbonyl (C=O) groups excluding carboxylic acids is 2. The van der Waals surface area contributed by atoms with E-state index in [4.69, 9.17) is 0 Å². The Balaban J connectivity index is 5.12. The number of esters is 2. The van der Waals surface area contributed by atoms with Crippen LogP contribution in [0.5, 0.6) is 0 Å². The highest BCUT2D eigenvalue weighted by Gasteiger charge is 3.10. The first-order chi connectivity index (χ1) is 28.5. The van der Waals surface area contributed by atoms with E-state index < -0.39 is 159 Å². The fourth-order valence-electron chi connectivity index (χ4n) is 4.80. The lowest BCUT2D eigenvalue weighted by Gasteiger charge is -2.63. The Labute approximate surface area is 342 Å². The van der Waals surface area contributed by atoms with Crippen LogP contribution < -0.4 is 0 Å². The number of rotatable bonds is 18. The van der Waals surface area contributed by atoms with E-state index in [0.717, 1.165) is 0 Å². The van der Waals surface area contributed by atoms with Gasteiger partial charge in [-0.15, -0.1) is 0 Å². The van der Waals surface area contributed by atoms with Crippen LogP contribution in [0.15, 0.2) is 25.3 Å². The normalized spacial score (nSPS) is 29.3. The van der Waals surface area contributed by atoms with Gasteiger partial charge in [-0.1, -0.05) is 13.2 Å². The number of alkyl halides is 30. The molecule has 0 saturated heterocycles. The molecule has 388 valence electrons. The van der Waals surface area contributed by atoms with Crippen LogP contribution >= 0.6 is 0 Å². The molecule has 0 bridgehead atoms. The molecule has 0 amide bonds. The quantitative estimate of drug-likeness (QED) is 0.0762. The number of halogens is 30. The van der Waals surface area contributed by atoms with Gasteiger partial charge in [0.05, 0.1) is 6.61 Å². The van der Waals surface area contributed by atoms with E-state index in [1.807, 2.05) is 0 Å². The number of carbonyl (C=O) groups is 2. The highest BCUT2D eigenvalue weighted by molar-refractivity contribution is 5.81. The highest BCUT2D eigenvalue weighted by atomic mass is 19.4. The van der Waals surface area contributed by atoms with Gasteiger partial charge in [-0.3, -0.25) is 14.2 Å². The van der Waals surface area contributed by atoms with Gasteiger partial charge in [0, 0.05) is 26.0 Å². The van der Waals surface area contributed by atoms with E-state index in [1.165, 1.54) is 0 Å². The van der Waals surface area contributed by atoms with Gasteiger partial charge in [0.1, 0.15) is 0 Å². The molecule has 66 heavy (non-hydrogen) atoms. The van der Waals surface area contributed by atoms with Crippen molar-refractivity contribution in [2.75, 3.05) is 19.8 Å². The van der Waals surface area contributed by atoms with E-state index in [-0.39, 0.29) is 0 Å². The lowest BCUT2D eigenvalue weighted by atomic mass is 9.55. The van der Waals surface area contributed by atoms with Gasteiger partial charge < -0.3 is 14.2 Å². The third kappa shape index (κ3) is 8.86.